The minimum absolute atomic E-state index is 0.0178. The van der Waals surface area contributed by atoms with Crippen molar-refractivity contribution >= 4 is 50.7 Å². The monoisotopic (exact) mass is 461 g/mol. The summed E-state index contributed by atoms with van der Waals surface area (Å²) in [6, 6.07) is 16.1. The SMILES string of the molecule is O=C(NCCCO)c1sc2ncnc3c2c1NC(=O)N3c1ccc(Oc2ccccc2)cc1. The molecule has 0 saturated carbocycles. The van der Waals surface area contributed by atoms with E-state index in [1.807, 2.05) is 30.3 Å². The summed E-state index contributed by atoms with van der Waals surface area (Å²) >= 11 is 1.18. The molecule has 3 heterocycles. The Morgan fingerprint density at radius 1 is 1.09 bits per heavy atom. The molecule has 0 radical (unpaired) electrons. The maximum absolute atomic E-state index is 13.1. The van der Waals surface area contributed by atoms with Crippen molar-refractivity contribution in [1.82, 2.24) is 15.3 Å². The number of para-hydroxylation sites is 1. The number of carbonyl (C=O) groups is 2. The summed E-state index contributed by atoms with van der Waals surface area (Å²) in [4.78, 5) is 36.7. The molecule has 1 aliphatic rings. The van der Waals surface area contributed by atoms with Gasteiger partial charge in [-0.2, -0.15) is 0 Å². The third-order valence-electron chi connectivity index (χ3n) is 5.02. The smallest absolute Gasteiger partial charge is 0.332 e. The Hall–Kier alpha value is -4.02. The van der Waals surface area contributed by atoms with Crippen molar-refractivity contribution in [3.8, 4) is 11.5 Å². The first kappa shape index (κ1) is 20.9. The van der Waals surface area contributed by atoms with Crippen molar-refractivity contribution in [1.29, 1.82) is 0 Å². The second-order valence-electron chi connectivity index (χ2n) is 7.19. The lowest BCUT2D eigenvalue weighted by Crippen LogP contribution is -2.35. The molecule has 0 bridgehead atoms. The van der Waals surface area contributed by atoms with Crippen molar-refractivity contribution in [3.63, 3.8) is 0 Å². The topological polar surface area (TPSA) is 117 Å². The summed E-state index contributed by atoms with van der Waals surface area (Å²) in [5, 5.41) is 15.1. The minimum atomic E-state index is -0.429. The highest BCUT2D eigenvalue weighted by Gasteiger charge is 2.33. The lowest BCUT2D eigenvalue weighted by molar-refractivity contribution is 0.0956. The maximum atomic E-state index is 13.1. The van der Waals surface area contributed by atoms with Crippen molar-refractivity contribution in [2.24, 2.45) is 0 Å². The van der Waals surface area contributed by atoms with Gasteiger partial charge in [-0.25, -0.2) is 19.7 Å². The Morgan fingerprint density at radius 2 is 1.85 bits per heavy atom. The van der Waals surface area contributed by atoms with Crippen LogP contribution in [-0.2, 0) is 0 Å². The second kappa shape index (κ2) is 8.85. The van der Waals surface area contributed by atoms with Crippen LogP contribution in [0.3, 0.4) is 0 Å². The number of rotatable bonds is 7. The number of urea groups is 1. The molecule has 0 atom stereocenters. The number of aliphatic hydroxyl groups excluding tert-OH is 1. The number of amides is 3. The Labute approximate surface area is 192 Å². The Bertz CT molecular complexity index is 1320. The molecule has 4 aromatic rings. The Kier molecular flexibility index (Phi) is 5.59. The van der Waals surface area contributed by atoms with Gasteiger partial charge >= 0.3 is 6.03 Å². The van der Waals surface area contributed by atoms with Crippen LogP contribution in [0.5, 0.6) is 11.5 Å². The fourth-order valence-corrected chi connectivity index (χ4v) is 4.52. The standard InChI is InChI=1S/C23H19N5O4S/c29-12-4-11-24-21(30)19-18-17-20(25-13-26-22(17)33-19)28(23(31)27-18)14-7-9-16(10-8-14)32-15-5-2-1-3-6-15/h1-3,5-10,13,29H,4,11-12H2,(H,24,30)(H,27,31). The van der Waals surface area contributed by atoms with E-state index >= 15 is 0 Å². The van der Waals surface area contributed by atoms with Crippen LogP contribution in [0.2, 0.25) is 0 Å². The van der Waals surface area contributed by atoms with E-state index in [-0.39, 0.29) is 12.5 Å². The molecular weight excluding hydrogens is 442 g/mol. The largest absolute Gasteiger partial charge is 0.457 e. The zero-order valence-corrected chi connectivity index (χ0v) is 18.1. The number of nitrogens with one attached hydrogen (secondary N) is 2. The molecule has 5 rings (SSSR count). The van der Waals surface area contributed by atoms with Crippen LogP contribution in [-0.4, -0.2) is 40.2 Å². The van der Waals surface area contributed by atoms with E-state index in [1.165, 1.54) is 22.6 Å². The molecule has 3 N–H and O–H groups in total. The average molecular weight is 462 g/mol. The number of nitrogens with zero attached hydrogens (tertiary/aromatic N) is 3. The minimum Gasteiger partial charge on any atom is -0.457 e. The van der Waals surface area contributed by atoms with E-state index < -0.39 is 6.03 Å². The van der Waals surface area contributed by atoms with Crippen LogP contribution < -0.4 is 20.3 Å². The van der Waals surface area contributed by atoms with Crippen molar-refractivity contribution in [3.05, 3.63) is 65.8 Å². The highest BCUT2D eigenvalue weighted by Crippen LogP contribution is 2.44. The average Bonchev–Trinajstić information content (AvgIpc) is 3.20. The zero-order valence-electron chi connectivity index (χ0n) is 17.3. The van der Waals surface area contributed by atoms with Crippen molar-refractivity contribution < 1.29 is 19.4 Å². The van der Waals surface area contributed by atoms with Crippen LogP contribution in [0, 0.1) is 0 Å². The lowest BCUT2D eigenvalue weighted by Gasteiger charge is -2.27. The van der Waals surface area contributed by atoms with Gasteiger partial charge in [0.25, 0.3) is 5.91 Å². The molecule has 166 valence electrons. The van der Waals surface area contributed by atoms with Crippen molar-refractivity contribution in [2.75, 3.05) is 23.4 Å². The van der Waals surface area contributed by atoms with E-state index in [9.17, 15) is 9.59 Å². The first-order chi connectivity index (χ1) is 16.2. The molecule has 9 nitrogen and oxygen atoms in total. The van der Waals surface area contributed by atoms with Crippen LogP contribution in [0.4, 0.5) is 22.0 Å². The molecular formula is C23H19N5O4S. The lowest BCUT2D eigenvalue weighted by atomic mass is 10.2. The number of aromatic nitrogens is 2. The quantitative estimate of drug-likeness (QED) is 0.354. The summed E-state index contributed by atoms with van der Waals surface area (Å²) < 4.78 is 5.83. The highest BCUT2D eigenvalue weighted by atomic mass is 32.1. The van der Waals surface area contributed by atoms with Gasteiger partial charge in [-0.3, -0.25) is 4.79 Å². The van der Waals surface area contributed by atoms with Gasteiger partial charge in [0.2, 0.25) is 0 Å². The summed E-state index contributed by atoms with van der Waals surface area (Å²) in [6.07, 6.45) is 1.82. The fourth-order valence-electron chi connectivity index (χ4n) is 3.51. The number of hydrogen-bond acceptors (Lipinski definition) is 7. The predicted molar refractivity (Wildman–Crippen MR) is 126 cm³/mol. The maximum Gasteiger partial charge on any atom is 0.332 e. The number of benzene rings is 2. The molecule has 3 amide bonds. The van der Waals surface area contributed by atoms with Gasteiger partial charge < -0.3 is 20.5 Å². The molecule has 0 spiro atoms. The van der Waals surface area contributed by atoms with E-state index in [2.05, 4.69) is 20.6 Å². The van der Waals surface area contributed by atoms with Crippen LogP contribution in [0.15, 0.2) is 60.9 Å². The number of hydrogen-bond donors (Lipinski definition) is 3. The normalized spacial score (nSPS) is 12.5. The summed E-state index contributed by atoms with van der Waals surface area (Å²) in [5.41, 5.74) is 0.996. The van der Waals surface area contributed by atoms with E-state index in [1.54, 1.807) is 24.3 Å². The number of thiophene rings is 1. The van der Waals surface area contributed by atoms with Gasteiger partial charge in [-0.15, -0.1) is 11.3 Å². The number of aliphatic hydroxyl groups is 1. The van der Waals surface area contributed by atoms with Gasteiger partial charge in [0, 0.05) is 13.2 Å². The first-order valence-electron chi connectivity index (χ1n) is 10.3. The summed E-state index contributed by atoms with van der Waals surface area (Å²) in [5.74, 6) is 1.42. The molecule has 2 aromatic heterocycles. The van der Waals surface area contributed by atoms with Crippen LogP contribution in [0.1, 0.15) is 16.1 Å². The van der Waals surface area contributed by atoms with E-state index in [0.29, 0.717) is 56.8 Å². The Morgan fingerprint density at radius 3 is 2.61 bits per heavy atom. The predicted octanol–water partition coefficient (Wildman–Crippen LogP) is 4.28. The molecule has 1 aliphatic heterocycles. The van der Waals surface area contributed by atoms with Gasteiger partial charge in [-0.05, 0) is 42.8 Å². The zero-order chi connectivity index (χ0) is 22.8. The number of anilines is 3. The van der Waals surface area contributed by atoms with Crippen LogP contribution >= 0.6 is 11.3 Å². The molecule has 0 unspecified atom stereocenters. The molecule has 2 aromatic carbocycles. The fraction of sp³-hybridized carbons (Fsp3) is 0.130. The van der Waals surface area contributed by atoms with E-state index in [4.69, 9.17) is 9.84 Å². The molecule has 33 heavy (non-hydrogen) atoms. The Balaban J connectivity index is 1.47. The third kappa shape index (κ3) is 3.97. The van der Waals surface area contributed by atoms with E-state index in [0.717, 1.165) is 0 Å². The number of carbonyl (C=O) groups excluding carboxylic acids is 2. The highest BCUT2D eigenvalue weighted by molar-refractivity contribution is 7.21. The van der Waals surface area contributed by atoms with Gasteiger partial charge in [0.15, 0.2) is 5.82 Å². The third-order valence-corrected chi connectivity index (χ3v) is 6.11. The summed E-state index contributed by atoms with van der Waals surface area (Å²) in [7, 11) is 0. The van der Waals surface area contributed by atoms with Gasteiger partial charge in [0.05, 0.1) is 16.8 Å². The molecule has 0 fully saturated rings. The molecule has 0 saturated heterocycles. The summed E-state index contributed by atoms with van der Waals surface area (Å²) in [6.45, 7) is 0.315. The number of ether oxygens (including phenoxy) is 1. The molecule has 0 aliphatic carbocycles. The first-order valence-corrected chi connectivity index (χ1v) is 11.1. The van der Waals surface area contributed by atoms with Crippen LogP contribution in [0.25, 0.3) is 10.2 Å². The van der Waals surface area contributed by atoms with Gasteiger partial charge in [-0.1, -0.05) is 18.2 Å². The molecule has 10 heteroatoms. The second-order valence-corrected chi connectivity index (χ2v) is 8.19. The van der Waals surface area contributed by atoms with Crippen molar-refractivity contribution in [2.45, 2.75) is 6.42 Å². The van der Waals surface area contributed by atoms with Gasteiger partial charge in [0.1, 0.15) is 27.5 Å².